The van der Waals surface area contributed by atoms with Gasteiger partial charge in [0.1, 0.15) is 18.1 Å². The van der Waals surface area contributed by atoms with E-state index >= 15 is 0 Å². The summed E-state index contributed by atoms with van der Waals surface area (Å²) in [5, 5.41) is 12.8. The summed E-state index contributed by atoms with van der Waals surface area (Å²) in [5.74, 6) is 1.56. The molecule has 0 unspecified atom stereocenters. The molecular formula is C19H23NO3. The molecule has 0 saturated heterocycles. The lowest BCUT2D eigenvalue weighted by Gasteiger charge is -2.14. The predicted octanol–water partition coefficient (Wildman–Crippen LogP) is 3.75. The van der Waals surface area contributed by atoms with Crippen molar-refractivity contribution >= 4 is 5.69 Å². The third kappa shape index (κ3) is 4.76. The van der Waals surface area contributed by atoms with Gasteiger partial charge in [-0.05, 0) is 31.2 Å². The Bertz CT molecular complexity index is 640. The molecule has 0 saturated carbocycles. The van der Waals surface area contributed by atoms with E-state index in [1.165, 1.54) is 0 Å². The van der Waals surface area contributed by atoms with Gasteiger partial charge < -0.3 is 19.9 Å². The second kappa shape index (κ2) is 8.86. The van der Waals surface area contributed by atoms with E-state index in [9.17, 15) is 5.11 Å². The molecule has 0 aliphatic rings. The highest BCUT2D eigenvalue weighted by atomic mass is 16.5. The highest BCUT2D eigenvalue weighted by Crippen LogP contribution is 2.24. The van der Waals surface area contributed by atoms with Crippen molar-refractivity contribution in [2.75, 3.05) is 18.5 Å². The van der Waals surface area contributed by atoms with Gasteiger partial charge >= 0.3 is 0 Å². The van der Waals surface area contributed by atoms with E-state index in [0.717, 1.165) is 28.3 Å². The van der Waals surface area contributed by atoms with Crippen LogP contribution < -0.4 is 14.8 Å². The van der Waals surface area contributed by atoms with E-state index in [4.69, 9.17) is 9.47 Å². The molecular weight excluding hydrogens is 290 g/mol. The van der Waals surface area contributed by atoms with Crippen molar-refractivity contribution in [1.29, 1.82) is 0 Å². The van der Waals surface area contributed by atoms with Crippen molar-refractivity contribution in [1.82, 2.24) is 0 Å². The van der Waals surface area contributed by atoms with Crippen LogP contribution in [0.15, 0.2) is 55.1 Å². The minimum Gasteiger partial charge on any atom is -0.494 e. The van der Waals surface area contributed by atoms with E-state index in [1.54, 1.807) is 6.08 Å². The average Bonchev–Trinajstić information content (AvgIpc) is 2.60. The highest BCUT2D eigenvalue weighted by Gasteiger charge is 2.06. The normalized spacial score (nSPS) is 10.2. The van der Waals surface area contributed by atoms with E-state index in [1.807, 2.05) is 49.4 Å². The topological polar surface area (TPSA) is 50.7 Å². The largest absolute Gasteiger partial charge is 0.494 e. The van der Waals surface area contributed by atoms with Gasteiger partial charge in [0, 0.05) is 23.4 Å². The van der Waals surface area contributed by atoms with Crippen LogP contribution in [0.3, 0.4) is 0 Å². The number of aliphatic hydroxyl groups excluding tert-OH is 1. The monoisotopic (exact) mass is 313 g/mol. The Balaban J connectivity index is 2.07. The van der Waals surface area contributed by atoms with Crippen molar-refractivity contribution in [3.05, 3.63) is 66.2 Å². The fourth-order valence-corrected chi connectivity index (χ4v) is 2.25. The quantitative estimate of drug-likeness (QED) is 0.692. The summed E-state index contributed by atoms with van der Waals surface area (Å²) in [4.78, 5) is 0. The van der Waals surface area contributed by atoms with Crippen LogP contribution in [0.1, 0.15) is 18.1 Å². The Kier molecular flexibility index (Phi) is 6.51. The van der Waals surface area contributed by atoms with Crippen LogP contribution in [0.4, 0.5) is 5.69 Å². The van der Waals surface area contributed by atoms with Gasteiger partial charge in [-0.1, -0.05) is 30.9 Å². The zero-order valence-corrected chi connectivity index (χ0v) is 13.4. The van der Waals surface area contributed by atoms with Crippen LogP contribution in [-0.2, 0) is 13.2 Å². The summed E-state index contributed by atoms with van der Waals surface area (Å²) < 4.78 is 11.1. The Morgan fingerprint density at radius 2 is 1.87 bits per heavy atom. The second-order valence-corrected chi connectivity index (χ2v) is 4.97. The second-order valence-electron chi connectivity index (χ2n) is 4.97. The molecule has 0 aliphatic heterocycles. The van der Waals surface area contributed by atoms with Crippen LogP contribution in [0.5, 0.6) is 11.5 Å². The Labute approximate surface area is 137 Å². The molecule has 2 aromatic carbocycles. The molecule has 0 aromatic heterocycles. The number of nitrogens with one attached hydrogen (secondary N) is 1. The van der Waals surface area contributed by atoms with Gasteiger partial charge in [0.05, 0.1) is 13.2 Å². The first kappa shape index (κ1) is 16.9. The maximum Gasteiger partial charge on any atom is 0.124 e. The fraction of sp³-hybridized carbons (Fsp3) is 0.263. The Morgan fingerprint density at radius 1 is 1.09 bits per heavy atom. The molecule has 0 aliphatic carbocycles. The van der Waals surface area contributed by atoms with Crippen LogP contribution in [0, 0.1) is 0 Å². The average molecular weight is 313 g/mol. The summed E-state index contributed by atoms with van der Waals surface area (Å²) in [5.41, 5.74) is 2.76. The van der Waals surface area contributed by atoms with Gasteiger partial charge in [0.2, 0.25) is 0 Å². The summed E-state index contributed by atoms with van der Waals surface area (Å²) >= 11 is 0. The third-order valence-electron chi connectivity index (χ3n) is 3.34. The molecule has 4 heteroatoms. The van der Waals surface area contributed by atoms with E-state index < -0.39 is 0 Å². The van der Waals surface area contributed by atoms with Gasteiger partial charge in [-0.15, -0.1) is 0 Å². The van der Waals surface area contributed by atoms with Crippen LogP contribution in [-0.4, -0.2) is 18.3 Å². The number of para-hydroxylation sites is 1. The van der Waals surface area contributed by atoms with Crippen LogP contribution in [0.25, 0.3) is 0 Å². The zero-order valence-electron chi connectivity index (χ0n) is 13.4. The molecule has 0 fully saturated rings. The SMILES string of the molecule is C=CCOc1ccccc1CNc1ccc(OCC)c(CO)c1. The van der Waals surface area contributed by atoms with Gasteiger partial charge in [-0.2, -0.15) is 0 Å². The summed E-state index contributed by atoms with van der Waals surface area (Å²) in [6, 6.07) is 13.6. The number of rotatable bonds is 9. The zero-order chi connectivity index (χ0) is 16.5. The molecule has 0 amide bonds. The molecule has 0 radical (unpaired) electrons. The molecule has 0 atom stereocenters. The first-order valence-corrected chi connectivity index (χ1v) is 7.70. The van der Waals surface area contributed by atoms with Crippen molar-refractivity contribution in [2.45, 2.75) is 20.1 Å². The number of hydrogen-bond donors (Lipinski definition) is 2. The summed E-state index contributed by atoms with van der Waals surface area (Å²) in [6.07, 6.45) is 1.73. The number of anilines is 1. The maximum absolute atomic E-state index is 9.46. The first-order chi connectivity index (χ1) is 11.3. The van der Waals surface area contributed by atoms with E-state index in [0.29, 0.717) is 19.8 Å². The lowest BCUT2D eigenvalue weighted by Crippen LogP contribution is -2.04. The molecule has 2 aromatic rings. The molecule has 4 nitrogen and oxygen atoms in total. The van der Waals surface area contributed by atoms with Gasteiger partial charge in [0.15, 0.2) is 0 Å². The third-order valence-corrected chi connectivity index (χ3v) is 3.34. The molecule has 122 valence electrons. The molecule has 0 spiro atoms. The molecule has 0 bridgehead atoms. The van der Waals surface area contributed by atoms with E-state index in [-0.39, 0.29) is 6.61 Å². The van der Waals surface area contributed by atoms with Crippen molar-refractivity contribution in [2.24, 2.45) is 0 Å². The van der Waals surface area contributed by atoms with Crippen molar-refractivity contribution in [3.63, 3.8) is 0 Å². The smallest absolute Gasteiger partial charge is 0.124 e. The van der Waals surface area contributed by atoms with Crippen molar-refractivity contribution < 1.29 is 14.6 Å². The van der Waals surface area contributed by atoms with Gasteiger partial charge in [0.25, 0.3) is 0 Å². The lowest BCUT2D eigenvalue weighted by molar-refractivity contribution is 0.267. The Hall–Kier alpha value is -2.46. The predicted molar refractivity (Wildman–Crippen MR) is 93.0 cm³/mol. The maximum atomic E-state index is 9.46. The molecule has 0 heterocycles. The van der Waals surface area contributed by atoms with Crippen LogP contribution in [0.2, 0.25) is 0 Å². The van der Waals surface area contributed by atoms with E-state index in [2.05, 4.69) is 11.9 Å². The standard InChI is InChI=1S/C19H23NO3/c1-3-11-23-18-8-6-5-7-15(18)13-20-17-9-10-19(22-4-2)16(12-17)14-21/h3,5-10,12,20-21H,1,4,11,13-14H2,2H3. The summed E-state index contributed by atoms with van der Waals surface area (Å²) in [7, 11) is 0. The van der Waals surface area contributed by atoms with Crippen molar-refractivity contribution in [3.8, 4) is 11.5 Å². The molecule has 23 heavy (non-hydrogen) atoms. The first-order valence-electron chi connectivity index (χ1n) is 7.70. The van der Waals surface area contributed by atoms with Gasteiger partial charge in [-0.3, -0.25) is 0 Å². The molecule has 2 rings (SSSR count). The lowest BCUT2D eigenvalue weighted by atomic mass is 10.1. The number of hydrogen-bond acceptors (Lipinski definition) is 4. The molecule has 2 N–H and O–H groups in total. The van der Waals surface area contributed by atoms with Crippen LogP contribution >= 0.6 is 0 Å². The minimum absolute atomic E-state index is 0.0517. The minimum atomic E-state index is -0.0517. The number of aliphatic hydroxyl groups is 1. The Morgan fingerprint density at radius 3 is 2.61 bits per heavy atom. The number of benzene rings is 2. The number of ether oxygens (including phenoxy) is 2. The summed E-state index contributed by atoms with van der Waals surface area (Å²) in [6.45, 7) is 7.23. The highest BCUT2D eigenvalue weighted by molar-refractivity contribution is 5.52. The van der Waals surface area contributed by atoms with Gasteiger partial charge in [-0.25, -0.2) is 0 Å². The fourth-order valence-electron chi connectivity index (χ4n) is 2.25.